The number of fused-ring (bicyclic) bond motifs is 1. The van der Waals surface area contributed by atoms with Crippen LogP contribution in [0.3, 0.4) is 0 Å². The molecule has 2 amide bonds. The van der Waals surface area contributed by atoms with Crippen molar-refractivity contribution in [3.63, 3.8) is 0 Å². The summed E-state index contributed by atoms with van der Waals surface area (Å²) >= 11 is 0. The Hall–Kier alpha value is -3.82. The van der Waals surface area contributed by atoms with Crippen LogP contribution in [0.2, 0.25) is 0 Å². The van der Waals surface area contributed by atoms with Gasteiger partial charge in [-0.05, 0) is 37.6 Å². The molecule has 32 heavy (non-hydrogen) atoms. The molecule has 3 heterocycles. The molecule has 10 heteroatoms. The predicted octanol–water partition coefficient (Wildman–Crippen LogP) is 2.95. The van der Waals surface area contributed by atoms with E-state index in [0.29, 0.717) is 17.1 Å². The van der Waals surface area contributed by atoms with Crippen LogP contribution in [-0.4, -0.2) is 45.8 Å². The number of carbonyl (C=O) groups excluding carboxylic acids is 2. The Kier molecular flexibility index (Phi) is 6.82. The summed E-state index contributed by atoms with van der Waals surface area (Å²) in [4.78, 5) is 31.0. The number of hydrogen-bond donors (Lipinski definition) is 1. The van der Waals surface area contributed by atoms with E-state index in [1.54, 1.807) is 26.0 Å². The van der Waals surface area contributed by atoms with Crippen LogP contribution in [0.15, 0.2) is 60.7 Å². The number of rotatable bonds is 6. The first-order valence-electron chi connectivity index (χ1n) is 9.82. The standard InChI is InChI=1S/C22H23F2N5O3/c1-5-15(23)9-8-13(2)11-29-12-16(24)19(27-29)21(30)26-18-14(3)32-17-7-6-10-25-20(17)28(4)22(18)31/h5-10,12,14,18H,2,11H2,1,3-4H3,(H,26,30)/b9-8-,15-5+/t14-,18+/m1/s1. The largest absolute Gasteiger partial charge is 0.484 e. The minimum absolute atomic E-state index is 0.0449. The van der Waals surface area contributed by atoms with Gasteiger partial charge in [0.05, 0.1) is 12.7 Å². The first kappa shape index (κ1) is 22.9. The number of nitrogens with one attached hydrogen (secondary N) is 1. The third-order valence-electron chi connectivity index (χ3n) is 4.79. The number of pyridine rings is 1. The maximum atomic E-state index is 14.4. The van der Waals surface area contributed by atoms with E-state index in [9.17, 15) is 18.4 Å². The van der Waals surface area contributed by atoms with Crippen molar-refractivity contribution in [2.75, 3.05) is 11.9 Å². The zero-order valence-corrected chi connectivity index (χ0v) is 17.9. The Labute approximate surface area is 183 Å². The van der Waals surface area contributed by atoms with Gasteiger partial charge in [-0.1, -0.05) is 18.7 Å². The smallest absolute Gasteiger partial charge is 0.275 e. The van der Waals surface area contributed by atoms with Crippen molar-refractivity contribution >= 4 is 17.6 Å². The highest BCUT2D eigenvalue weighted by Crippen LogP contribution is 2.29. The third kappa shape index (κ3) is 4.90. The normalized spacial score (nSPS) is 18.8. The number of carbonyl (C=O) groups is 2. The summed E-state index contributed by atoms with van der Waals surface area (Å²) in [5, 5.41) is 6.45. The number of aromatic nitrogens is 3. The summed E-state index contributed by atoms with van der Waals surface area (Å²) in [6.07, 6.45) is 5.74. The number of likely N-dealkylation sites (N-methyl/N-ethyl adjacent to an activating group) is 1. The van der Waals surface area contributed by atoms with Crippen LogP contribution >= 0.6 is 0 Å². The van der Waals surface area contributed by atoms with Crippen LogP contribution < -0.4 is 15.0 Å². The van der Waals surface area contributed by atoms with Crippen molar-refractivity contribution in [2.24, 2.45) is 0 Å². The molecule has 1 aliphatic rings. The molecule has 2 aromatic rings. The fourth-order valence-corrected chi connectivity index (χ4v) is 3.08. The van der Waals surface area contributed by atoms with Crippen LogP contribution in [-0.2, 0) is 11.3 Å². The number of allylic oxidation sites excluding steroid dienone is 5. The fourth-order valence-electron chi connectivity index (χ4n) is 3.08. The van der Waals surface area contributed by atoms with Gasteiger partial charge in [-0.15, -0.1) is 0 Å². The summed E-state index contributed by atoms with van der Waals surface area (Å²) in [5.41, 5.74) is -0.0340. The van der Waals surface area contributed by atoms with E-state index < -0.39 is 41.3 Å². The second-order valence-electron chi connectivity index (χ2n) is 7.18. The van der Waals surface area contributed by atoms with Crippen molar-refractivity contribution in [3.05, 3.63) is 72.2 Å². The monoisotopic (exact) mass is 443 g/mol. The van der Waals surface area contributed by atoms with Gasteiger partial charge in [0.2, 0.25) is 0 Å². The number of amides is 2. The second kappa shape index (κ2) is 9.54. The van der Waals surface area contributed by atoms with Gasteiger partial charge in [0.1, 0.15) is 18.0 Å². The molecule has 0 saturated carbocycles. The zero-order valence-electron chi connectivity index (χ0n) is 17.9. The number of halogens is 2. The average Bonchev–Trinajstić information content (AvgIpc) is 3.10. The van der Waals surface area contributed by atoms with E-state index in [1.807, 2.05) is 0 Å². The van der Waals surface area contributed by atoms with Crippen molar-refractivity contribution in [2.45, 2.75) is 32.5 Å². The van der Waals surface area contributed by atoms with E-state index in [1.165, 1.54) is 41.1 Å². The number of nitrogens with zero attached hydrogens (tertiary/aromatic N) is 4. The molecule has 1 aliphatic heterocycles. The van der Waals surface area contributed by atoms with Crippen LogP contribution in [0, 0.1) is 5.82 Å². The third-order valence-corrected chi connectivity index (χ3v) is 4.79. The van der Waals surface area contributed by atoms with Gasteiger partial charge in [-0.2, -0.15) is 5.10 Å². The van der Waals surface area contributed by atoms with E-state index >= 15 is 0 Å². The molecule has 0 aliphatic carbocycles. The Morgan fingerprint density at radius 2 is 2.16 bits per heavy atom. The van der Waals surface area contributed by atoms with E-state index in [0.717, 1.165) is 6.20 Å². The topological polar surface area (TPSA) is 89.4 Å². The lowest BCUT2D eigenvalue weighted by atomic mass is 10.1. The summed E-state index contributed by atoms with van der Waals surface area (Å²) < 4.78 is 34.5. The maximum absolute atomic E-state index is 14.4. The lowest BCUT2D eigenvalue weighted by Gasteiger charge is -2.23. The Morgan fingerprint density at radius 1 is 1.41 bits per heavy atom. The molecule has 0 saturated heterocycles. The molecule has 0 unspecified atom stereocenters. The molecule has 0 bridgehead atoms. The molecule has 0 fully saturated rings. The molecule has 2 atom stereocenters. The van der Waals surface area contributed by atoms with Crippen molar-refractivity contribution in [1.82, 2.24) is 20.1 Å². The number of hydrogen-bond acceptors (Lipinski definition) is 5. The van der Waals surface area contributed by atoms with Crippen molar-refractivity contribution in [3.8, 4) is 5.75 Å². The summed E-state index contributed by atoms with van der Waals surface area (Å²) in [7, 11) is 1.51. The van der Waals surface area contributed by atoms with Crippen LogP contribution in [0.1, 0.15) is 24.3 Å². The van der Waals surface area contributed by atoms with Crippen LogP contribution in [0.4, 0.5) is 14.6 Å². The van der Waals surface area contributed by atoms with Gasteiger partial charge >= 0.3 is 0 Å². The minimum atomic E-state index is -1.09. The SMILES string of the molecule is C=C(/C=C\C(F)=C/C)Cn1cc(F)c(C(=O)N[C@@H]2C(=O)N(C)c3ncccc3O[C@@H]2C)n1. The highest BCUT2D eigenvalue weighted by atomic mass is 19.1. The number of anilines is 1. The van der Waals surface area contributed by atoms with Gasteiger partial charge in [0, 0.05) is 13.2 Å². The van der Waals surface area contributed by atoms with Crippen LogP contribution in [0.5, 0.6) is 5.75 Å². The molecule has 2 aromatic heterocycles. The van der Waals surface area contributed by atoms with Gasteiger partial charge in [-0.3, -0.25) is 19.2 Å². The molecule has 0 radical (unpaired) electrons. The maximum Gasteiger partial charge on any atom is 0.275 e. The fraction of sp³-hybridized carbons (Fsp3) is 0.273. The second-order valence-corrected chi connectivity index (χ2v) is 7.18. The van der Waals surface area contributed by atoms with Gasteiger partial charge in [0.25, 0.3) is 11.8 Å². The van der Waals surface area contributed by atoms with Gasteiger partial charge in [0.15, 0.2) is 23.1 Å². The zero-order chi connectivity index (χ0) is 23.4. The van der Waals surface area contributed by atoms with Gasteiger partial charge < -0.3 is 10.1 Å². The van der Waals surface area contributed by atoms with E-state index in [2.05, 4.69) is 22.0 Å². The lowest BCUT2D eigenvalue weighted by molar-refractivity contribution is -0.121. The predicted molar refractivity (Wildman–Crippen MR) is 114 cm³/mol. The first-order chi connectivity index (χ1) is 15.2. The quantitative estimate of drug-likeness (QED) is 0.694. The Bertz CT molecular complexity index is 1110. The molecule has 0 spiro atoms. The van der Waals surface area contributed by atoms with E-state index in [-0.39, 0.29) is 6.54 Å². The summed E-state index contributed by atoms with van der Waals surface area (Å²) in [6, 6.07) is 2.24. The Balaban J connectivity index is 1.74. The van der Waals surface area contributed by atoms with Crippen molar-refractivity contribution in [1.29, 1.82) is 0 Å². The highest BCUT2D eigenvalue weighted by Gasteiger charge is 2.37. The molecule has 0 aromatic carbocycles. The molecule has 3 rings (SSSR count). The van der Waals surface area contributed by atoms with Gasteiger partial charge in [-0.25, -0.2) is 13.8 Å². The minimum Gasteiger partial charge on any atom is -0.484 e. The first-order valence-corrected chi connectivity index (χ1v) is 9.82. The number of ether oxygens (including phenoxy) is 1. The van der Waals surface area contributed by atoms with Crippen molar-refractivity contribution < 1.29 is 23.1 Å². The Morgan fingerprint density at radius 3 is 2.88 bits per heavy atom. The van der Waals surface area contributed by atoms with Crippen LogP contribution in [0.25, 0.3) is 0 Å². The highest BCUT2D eigenvalue weighted by molar-refractivity contribution is 6.02. The summed E-state index contributed by atoms with van der Waals surface area (Å²) in [6.45, 7) is 6.97. The lowest BCUT2D eigenvalue weighted by Crippen LogP contribution is -2.53. The molecular formula is C22H23F2N5O3. The molecular weight excluding hydrogens is 420 g/mol. The van der Waals surface area contributed by atoms with E-state index in [4.69, 9.17) is 4.74 Å². The molecule has 1 N–H and O–H groups in total. The summed E-state index contributed by atoms with van der Waals surface area (Å²) in [5.74, 6) is -1.94. The average molecular weight is 443 g/mol. The molecule has 168 valence electrons. The molecule has 8 nitrogen and oxygen atoms in total.